The second kappa shape index (κ2) is 23.8. The van der Waals surface area contributed by atoms with Crippen LogP contribution < -0.4 is 5.32 Å². The Balaban J connectivity index is 1.95. The fraction of sp³-hybridized carbons (Fsp3) is 0.853. The second-order valence-corrected chi connectivity index (χ2v) is 12.6. The normalized spacial score (nSPS) is 32.5. The first-order valence-electron chi connectivity index (χ1n) is 17.6. The lowest BCUT2D eigenvalue weighted by atomic mass is 9.97. The number of ether oxygens (including phenoxy) is 4. The summed E-state index contributed by atoms with van der Waals surface area (Å²) >= 11 is 0. The number of hydrogen-bond donors (Lipinski definition) is 9. The molecule has 2 rings (SSSR count). The standard InChI is InChI=1S/C34H61NO13/c1-3-5-7-8-9-10-11-12-13-14-15-16-17-23(38)22(35-26(39)18-6-4-2)21-45-33-31(44)29(42)32(25(20-37)47-33)48-34-30(43)28(41)27(40)24(19-36)46-34/h12-13,16-17,22-25,27-34,36-38,40-44H,3-11,14-15,18-21H2,1-2H3,(H,35,39)/b13-12+,17-16+. The summed E-state index contributed by atoms with van der Waals surface area (Å²) < 4.78 is 22.3. The molecule has 0 saturated carbocycles. The number of aliphatic hydroxyl groups is 8. The van der Waals surface area contributed by atoms with Gasteiger partial charge in [0.2, 0.25) is 5.91 Å². The van der Waals surface area contributed by atoms with E-state index in [1.165, 1.54) is 38.5 Å². The van der Waals surface area contributed by atoms with Crippen LogP contribution in [0.15, 0.2) is 24.3 Å². The largest absolute Gasteiger partial charge is 0.394 e. The van der Waals surface area contributed by atoms with E-state index in [-0.39, 0.29) is 18.9 Å². The number of carbonyl (C=O) groups excluding carboxylic acids is 1. The third kappa shape index (κ3) is 14.0. The third-order valence-electron chi connectivity index (χ3n) is 8.64. The first kappa shape index (κ1) is 42.6. The van der Waals surface area contributed by atoms with E-state index in [9.17, 15) is 45.6 Å². The maximum atomic E-state index is 12.5. The smallest absolute Gasteiger partial charge is 0.220 e. The van der Waals surface area contributed by atoms with E-state index in [4.69, 9.17) is 18.9 Å². The Morgan fingerprint density at radius 1 is 0.729 bits per heavy atom. The molecule has 280 valence electrons. The van der Waals surface area contributed by atoms with Gasteiger partial charge in [0.1, 0.15) is 48.8 Å². The molecular weight excluding hydrogens is 630 g/mol. The Kier molecular flexibility index (Phi) is 21.1. The molecule has 48 heavy (non-hydrogen) atoms. The van der Waals surface area contributed by atoms with Crippen molar-refractivity contribution in [1.29, 1.82) is 0 Å². The minimum Gasteiger partial charge on any atom is -0.394 e. The number of nitrogens with one attached hydrogen (secondary N) is 1. The molecule has 2 heterocycles. The van der Waals surface area contributed by atoms with Crippen LogP contribution in [-0.4, -0.2) is 140 Å². The van der Waals surface area contributed by atoms with Gasteiger partial charge < -0.3 is 65.1 Å². The van der Waals surface area contributed by atoms with E-state index >= 15 is 0 Å². The highest BCUT2D eigenvalue weighted by Crippen LogP contribution is 2.29. The van der Waals surface area contributed by atoms with E-state index in [0.717, 1.165) is 19.3 Å². The van der Waals surface area contributed by atoms with Gasteiger partial charge in [0.25, 0.3) is 0 Å². The maximum Gasteiger partial charge on any atom is 0.220 e. The highest BCUT2D eigenvalue weighted by Gasteiger charge is 2.50. The monoisotopic (exact) mass is 691 g/mol. The van der Waals surface area contributed by atoms with Crippen molar-refractivity contribution in [3.05, 3.63) is 24.3 Å². The van der Waals surface area contributed by atoms with Gasteiger partial charge in [0, 0.05) is 6.42 Å². The summed E-state index contributed by atoms with van der Waals surface area (Å²) in [5, 5.41) is 85.2. The Bertz CT molecular complexity index is 919. The number of aliphatic hydroxyl groups excluding tert-OH is 8. The highest BCUT2D eigenvalue weighted by molar-refractivity contribution is 5.76. The van der Waals surface area contributed by atoms with Crippen molar-refractivity contribution in [2.45, 2.75) is 164 Å². The van der Waals surface area contributed by atoms with Crippen molar-refractivity contribution >= 4 is 5.91 Å². The molecule has 14 nitrogen and oxygen atoms in total. The molecule has 14 heteroatoms. The average Bonchev–Trinajstić information content (AvgIpc) is 3.08. The van der Waals surface area contributed by atoms with Crippen molar-refractivity contribution in [2.75, 3.05) is 19.8 Å². The van der Waals surface area contributed by atoms with Crippen LogP contribution in [0, 0.1) is 0 Å². The van der Waals surface area contributed by atoms with Gasteiger partial charge in [-0.05, 0) is 32.1 Å². The molecule has 0 aromatic carbocycles. The van der Waals surface area contributed by atoms with E-state index in [2.05, 4.69) is 24.4 Å². The van der Waals surface area contributed by atoms with Gasteiger partial charge in [-0.25, -0.2) is 0 Å². The molecule has 0 spiro atoms. The lowest BCUT2D eigenvalue weighted by Crippen LogP contribution is -2.65. The molecule has 2 aliphatic rings. The molecule has 0 aromatic rings. The maximum absolute atomic E-state index is 12.5. The summed E-state index contributed by atoms with van der Waals surface area (Å²) in [5.41, 5.74) is 0. The van der Waals surface area contributed by atoms with Gasteiger partial charge in [-0.1, -0.05) is 76.7 Å². The van der Waals surface area contributed by atoms with Crippen molar-refractivity contribution in [3.63, 3.8) is 0 Å². The van der Waals surface area contributed by atoms with Crippen LogP contribution in [0.4, 0.5) is 0 Å². The fourth-order valence-corrected chi connectivity index (χ4v) is 5.57. The van der Waals surface area contributed by atoms with Gasteiger partial charge >= 0.3 is 0 Å². The molecule has 2 saturated heterocycles. The minimum atomic E-state index is -1.78. The van der Waals surface area contributed by atoms with E-state index in [0.29, 0.717) is 12.8 Å². The van der Waals surface area contributed by atoms with E-state index < -0.39 is 86.8 Å². The molecule has 12 unspecified atom stereocenters. The van der Waals surface area contributed by atoms with E-state index in [1.54, 1.807) is 6.08 Å². The quantitative estimate of drug-likeness (QED) is 0.0520. The lowest BCUT2D eigenvalue weighted by molar-refractivity contribution is -0.359. The number of amides is 1. The zero-order valence-corrected chi connectivity index (χ0v) is 28.5. The van der Waals surface area contributed by atoms with Crippen molar-refractivity contribution in [2.24, 2.45) is 0 Å². The first-order valence-corrected chi connectivity index (χ1v) is 17.6. The number of hydrogen-bond acceptors (Lipinski definition) is 13. The van der Waals surface area contributed by atoms with Crippen LogP contribution in [0.5, 0.6) is 0 Å². The topological polar surface area (TPSA) is 228 Å². The zero-order valence-electron chi connectivity index (χ0n) is 28.5. The van der Waals surface area contributed by atoms with Gasteiger partial charge in [-0.3, -0.25) is 4.79 Å². The van der Waals surface area contributed by atoms with Gasteiger partial charge in [0.05, 0.1) is 32.0 Å². The van der Waals surface area contributed by atoms with Crippen LogP contribution in [0.2, 0.25) is 0 Å². The van der Waals surface area contributed by atoms with Crippen molar-refractivity contribution in [3.8, 4) is 0 Å². The second-order valence-electron chi connectivity index (χ2n) is 12.6. The van der Waals surface area contributed by atoms with Crippen LogP contribution in [0.1, 0.15) is 90.9 Å². The first-order chi connectivity index (χ1) is 23.1. The molecule has 0 aromatic heterocycles. The fourth-order valence-electron chi connectivity index (χ4n) is 5.57. The number of allylic oxidation sites excluding steroid dienone is 3. The Labute approximate surface area is 284 Å². The molecule has 1 amide bonds. The van der Waals surface area contributed by atoms with E-state index in [1.807, 2.05) is 13.0 Å². The van der Waals surface area contributed by atoms with Crippen molar-refractivity contribution < 1.29 is 64.6 Å². The summed E-state index contributed by atoms with van der Waals surface area (Å²) in [5.74, 6) is -0.290. The molecule has 0 aliphatic carbocycles. The number of rotatable bonds is 23. The SMILES string of the molecule is CCCCCCCC/C=C/CC/C=C/C(O)C(COC1OC(CO)C(OC2OC(CO)C(O)C(O)C2O)C(O)C1O)NC(=O)CCCC. The molecule has 2 aliphatic heterocycles. The van der Waals surface area contributed by atoms with Crippen LogP contribution in [0.25, 0.3) is 0 Å². The summed E-state index contributed by atoms with van der Waals surface area (Å²) in [6.07, 6.45) is 2.45. The Hall–Kier alpha value is -1.53. The summed E-state index contributed by atoms with van der Waals surface area (Å²) in [6, 6.07) is -0.919. The number of unbranched alkanes of at least 4 members (excludes halogenated alkanes) is 8. The molecule has 2 fully saturated rings. The highest BCUT2D eigenvalue weighted by atomic mass is 16.7. The predicted molar refractivity (Wildman–Crippen MR) is 175 cm³/mol. The average molecular weight is 692 g/mol. The lowest BCUT2D eigenvalue weighted by Gasteiger charge is -2.46. The Morgan fingerprint density at radius 3 is 2.02 bits per heavy atom. The molecule has 0 radical (unpaired) electrons. The molecule has 0 bridgehead atoms. The molecule has 12 atom stereocenters. The number of carbonyl (C=O) groups is 1. The van der Waals surface area contributed by atoms with Crippen LogP contribution in [0.3, 0.4) is 0 Å². The third-order valence-corrected chi connectivity index (χ3v) is 8.64. The zero-order chi connectivity index (χ0) is 35.5. The van der Waals surface area contributed by atoms with Crippen LogP contribution >= 0.6 is 0 Å². The summed E-state index contributed by atoms with van der Waals surface area (Å²) in [7, 11) is 0. The predicted octanol–water partition coefficient (Wildman–Crippen LogP) is 0.306. The van der Waals surface area contributed by atoms with Gasteiger partial charge in [-0.15, -0.1) is 0 Å². The summed E-state index contributed by atoms with van der Waals surface area (Å²) in [4.78, 5) is 12.5. The minimum absolute atomic E-state index is 0.248. The summed E-state index contributed by atoms with van der Waals surface area (Å²) in [6.45, 7) is 2.42. The Morgan fingerprint density at radius 2 is 1.33 bits per heavy atom. The molecule has 9 N–H and O–H groups in total. The molecular formula is C34H61NO13. The van der Waals surface area contributed by atoms with Gasteiger partial charge in [-0.2, -0.15) is 0 Å². The van der Waals surface area contributed by atoms with Gasteiger partial charge in [0.15, 0.2) is 12.6 Å². The van der Waals surface area contributed by atoms with Crippen molar-refractivity contribution in [1.82, 2.24) is 5.32 Å². The van der Waals surface area contributed by atoms with Crippen LogP contribution in [-0.2, 0) is 23.7 Å².